The highest BCUT2D eigenvalue weighted by Gasteiger charge is 2.07. The van der Waals surface area contributed by atoms with Gasteiger partial charge in [0.05, 0.1) is 10.5 Å². The van der Waals surface area contributed by atoms with E-state index in [0.717, 1.165) is 9.79 Å². The molecular weight excluding hydrogens is 284 g/mol. The van der Waals surface area contributed by atoms with Gasteiger partial charge in [-0.2, -0.15) is 5.26 Å². The lowest BCUT2D eigenvalue weighted by Crippen LogP contribution is -1.87. The molecular formula is C13H7ClN2O2S. The predicted octanol–water partition coefficient (Wildman–Crippen LogP) is 4.27. The molecule has 19 heavy (non-hydrogen) atoms. The van der Waals surface area contributed by atoms with Gasteiger partial charge in [0.15, 0.2) is 0 Å². The molecule has 94 valence electrons. The molecule has 0 aromatic heterocycles. The number of halogens is 1. The van der Waals surface area contributed by atoms with Gasteiger partial charge in [-0.25, -0.2) is 0 Å². The first-order chi connectivity index (χ1) is 9.10. The fourth-order valence-corrected chi connectivity index (χ4v) is 2.49. The Morgan fingerprint density at radius 3 is 2.47 bits per heavy atom. The number of nitriles is 1. The maximum atomic E-state index is 10.5. The normalized spacial score (nSPS) is 9.89. The molecule has 2 aromatic rings. The summed E-state index contributed by atoms with van der Waals surface area (Å²) in [6, 6.07) is 13.3. The summed E-state index contributed by atoms with van der Waals surface area (Å²) in [5.74, 6) is 0. The lowest BCUT2D eigenvalue weighted by Gasteiger charge is -2.04. The summed E-state index contributed by atoms with van der Waals surface area (Å²) in [4.78, 5) is 11.7. The molecule has 4 nitrogen and oxygen atoms in total. The fourth-order valence-electron chi connectivity index (χ4n) is 1.44. The third kappa shape index (κ3) is 3.25. The van der Waals surface area contributed by atoms with E-state index >= 15 is 0 Å². The molecule has 0 fully saturated rings. The van der Waals surface area contributed by atoms with Gasteiger partial charge in [0, 0.05) is 26.9 Å². The number of rotatable bonds is 3. The zero-order chi connectivity index (χ0) is 13.8. The number of nitrogens with zero attached hydrogens (tertiary/aromatic N) is 2. The van der Waals surface area contributed by atoms with Crippen molar-refractivity contribution in [1.29, 1.82) is 5.26 Å². The molecule has 0 saturated heterocycles. The highest BCUT2D eigenvalue weighted by atomic mass is 35.5. The second kappa shape index (κ2) is 5.74. The largest absolute Gasteiger partial charge is 0.269 e. The van der Waals surface area contributed by atoms with Crippen LogP contribution in [0.15, 0.2) is 52.3 Å². The van der Waals surface area contributed by atoms with Crippen molar-refractivity contribution in [3.05, 3.63) is 63.2 Å². The first-order valence-electron chi connectivity index (χ1n) is 5.22. The molecule has 0 aliphatic rings. The van der Waals surface area contributed by atoms with Gasteiger partial charge in [0.2, 0.25) is 0 Å². The lowest BCUT2D eigenvalue weighted by molar-refractivity contribution is -0.384. The van der Waals surface area contributed by atoms with Crippen molar-refractivity contribution in [3.8, 4) is 6.07 Å². The van der Waals surface area contributed by atoms with E-state index in [1.807, 2.05) is 0 Å². The number of non-ortho nitro benzene ring substituents is 1. The Balaban J connectivity index is 2.26. The molecule has 0 spiro atoms. The zero-order valence-electron chi connectivity index (χ0n) is 9.54. The van der Waals surface area contributed by atoms with Gasteiger partial charge < -0.3 is 0 Å². The molecule has 0 aliphatic heterocycles. The lowest BCUT2D eigenvalue weighted by atomic mass is 10.2. The minimum atomic E-state index is -0.447. The minimum absolute atomic E-state index is 0.0426. The Labute approximate surface area is 118 Å². The van der Waals surface area contributed by atoms with Gasteiger partial charge in [-0.1, -0.05) is 23.4 Å². The van der Waals surface area contributed by atoms with E-state index < -0.39 is 4.92 Å². The minimum Gasteiger partial charge on any atom is -0.258 e. The van der Waals surface area contributed by atoms with Crippen LogP contribution in [0.2, 0.25) is 5.02 Å². The highest BCUT2D eigenvalue weighted by molar-refractivity contribution is 7.99. The smallest absolute Gasteiger partial charge is 0.258 e. The van der Waals surface area contributed by atoms with Gasteiger partial charge in [-0.05, 0) is 30.3 Å². The van der Waals surface area contributed by atoms with Gasteiger partial charge in [0.1, 0.15) is 6.07 Å². The Morgan fingerprint density at radius 2 is 1.89 bits per heavy atom. The second-order valence-corrected chi connectivity index (χ2v) is 5.16. The summed E-state index contributed by atoms with van der Waals surface area (Å²) in [6.07, 6.45) is 0. The number of hydrogen-bond donors (Lipinski definition) is 0. The van der Waals surface area contributed by atoms with E-state index in [9.17, 15) is 10.1 Å². The molecule has 2 rings (SSSR count). The van der Waals surface area contributed by atoms with Crippen LogP contribution in [0.1, 0.15) is 5.56 Å². The summed E-state index contributed by atoms with van der Waals surface area (Å²) in [6.45, 7) is 0. The molecule has 0 amide bonds. The Hall–Kier alpha value is -2.03. The van der Waals surface area contributed by atoms with Crippen LogP contribution in [-0.4, -0.2) is 4.92 Å². The van der Waals surface area contributed by atoms with Crippen LogP contribution in [0.25, 0.3) is 0 Å². The third-order valence-electron chi connectivity index (χ3n) is 2.34. The molecule has 0 saturated carbocycles. The molecule has 0 radical (unpaired) electrons. The number of nitro groups is 1. The number of hydrogen-bond acceptors (Lipinski definition) is 4. The monoisotopic (exact) mass is 290 g/mol. The van der Waals surface area contributed by atoms with E-state index in [2.05, 4.69) is 6.07 Å². The van der Waals surface area contributed by atoms with E-state index in [4.69, 9.17) is 16.9 Å². The van der Waals surface area contributed by atoms with E-state index in [0.29, 0.717) is 10.6 Å². The topological polar surface area (TPSA) is 66.9 Å². The molecule has 0 atom stereocenters. The molecule has 0 aliphatic carbocycles. The van der Waals surface area contributed by atoms with Gasteiger partial charge in [-0.15, -0.1) is 0 Å². The summed E-state index contributed by atoms with van der Waals surface area (Å²) >= 11 is 7.18. The number of benzene rings is 2. The van der Waals surface area contributed by atoms with Crippen LogP contribution >= 0.6 is 23.4 Å². The van der Waals surface area contributed by atoms with Crippen LogP contribution in [0.4, 0.5) is 5.69 Å². The standard InChI is InChI=1S/C13H7ClN2O2S/c14-10-1-6-13(9(7-10)8-15)19-12-4-2-11(3-5-12)16(17)18/h1-7H. The average molecular weight is 291 g/mol. The molecule has 0 bridgehead atoms. The van der Waals surface area contributed by atoms with Gasteiger partial charge in [0.25, 0.3) is 5.69 Å². The molecule has 6 heteroatoms. The first-order valence-corrected chi connectivity index (χ1v) is 6.41. The predicted molar refractivity (Wildman–Crippen MR) is 73.4 cm³/mol. The van der Waals surface area contributed by atoms with E-state index in [1.165, 1.54) is 23.9 Å². The SMILES string of the molecule is N#Cc1cc(Cl)ccc1Sc1ccc([N+](=O)[O-])cc1. The van der Waals surface area contributed by atoms with E-state index in [1.54, 1.807) is 30.3 Å². The van der Waals surface area contributed by atoms with Crippen LogP contribution in [0, 0.1) is 21.4 Å². The van der Waals surface area contributed by atoms with Crippen LogP contribution in [-0.2, 0) is 0 Å². The summed E-state index contributed by atoms with van der Waals surface area (Å²) in [5.41, 5.74) is 0.525. The number of nitro benzene ring substituents is 1. The molecule has 0 unspecified atom stereocenters. The molecule has 0 N–H and O–H groups in total. The van der Waals surface area contributed by atoms with E-state index in [-0.39, 0.29) is 5.69 Å². The van der Waals surface area contributed by atoms with Crippen LogP contribution in [0.5, 0.6) is 0 Å². The summed E-state index contributed by atoms with van der Waals surface area (Å²) in [7, 11) is 0. The second-order valence-electron chi connectivity index (χ2n) is 3.61. The quantitative estimate of drug-likeness (QED) is 0.625. The Bertz CT molecular complexity index is 665. The van der Waals surface area contributed by atoms with Crippen molar-refractivity contribution in [1.82, 2.24) is 0 Å². The molecule has 2 aromatic carbocycles. The Kier molecular flexibility index (Phi) is 4.05. The maximum Gasteiger partial charge on any atom is 0.269 e. The van der Waals surface area contributed by atoms with Gasteiger partial charge >= 0.3 is 0 Å². The zero-order valence-corrected chi connectivity index (χ0v) is 11.1. The third-order valence-corrected chi connectivity index (χ3v) is 3.66. The summed E-state index contributed by atoms with van der Waals surface area (Å²) < 4.78 is 0. The summed E-state index contributed by atoms with van der Waals surface area (Å²) in [5, 5.41) is 20.1. The Morgan fingerprint density at radius 1 is 1.21 bits per heavy atom. The highest BCUT2D eigenvalue weighted by Crippen LogP contribution is 2.32. The van der Waals surface area contributed by atoms with Crippen molar-refractivity contribution >= 4 is 29.1 Å². The first kappa shape index (κ1) is 13.4. The average Bonchev–Trinajstić information content (AvgIpc) is 2.41. The fraction of sp³-hybridized carbons (Fsp3) is 0. The maximum absolute atomic E-state index is 10.5. The van der Waals surface area contributed by atoms with Crippen LogP contribution in [0.3, 0.4) is 0 Å². The van der Waals surface area contributed by atoms with Crippen molar-refractivity contribution in [2.45, 2.75) is 9.79 Å². The van der Waals surface area contributed by atoms with Crippen molar-refractivity contribution < 1.29 is 4.92 Å². The van der Waals surface area contributed by atoms with Crippen molar-refractivity contribution in [3.63, 3.8) is 0 Å². The van der Waals surface area contributed by atoms with Crippen molar-refractivity contribution in [2.75, 3.05) is 0 Å². The van der Waals surface area contributed by atoms with Gasteiger partial charge in [-0.3, -0.25) is 10.1 Å². The molecule has 0 heterocycles. The van der Waals surface area contributed by atoms with Crippen LogP contribution < -0.4 is 0 Å². The van der Waals surface area contributed by atoms with Crippen molar-refractivity contribution in [2.24, 2.45) is 0 Å².